The van der Waals surface area contributed by atoms with Crippen LogP contribution in [0.3, 0.4) is 0 Å². The van der Waals surface area contributed by atoms with Crippen LogP contribution in [-0.4, -0.2) is 36.2 Å². The Balaban J connectivity index is 1.94. The molecule has 3 aromatic rings. The second-order valence-electron chi connectivity index (χ2n) is 6.27. The van der Waals surface area contributed by atoms with Gasteiger partial charge in [-0.15, -0.1) is 11.8 Å². The minimum atomic E-state index is -0.555. The Labute approximate surface area is 178 Å². The lowest BCUT2D eigenvalue weighted by Crippen LogP contribution is -2.27. The Bertz CT molecular complexity index is 1080. The van der Waals surface area contributed by atoms with Crippen LogP contribution in [-0.2, 0) is 11.3 Å². The van der Waals surface area contributed by atoms with Gasteiger partial charge >= 0.3 is 5.97 Å². The van der Waals surface area contributed by atoms with Crippen LogP contribution in [0.1, 0.15) is 15.9 Å². The fourth-order valence-electron chi connectivity index (χ4n) is 2.89. The zero-order valence-corrected chi connectivity index (χ0v) is 17.8. The number of carbonyl (C=O) groups is 1. The van der Waals surface area contributed by atoms with Crippen LogP contribution in [0.25, 0.3) is 5.69 Å². The zero-order chi connectivity index (χ0) is 21.0. The van der Waals surface area contributed by atoms with E-state index in [4.69, 9.17) is 16.3 Å². The van der Waals surface area contributed by atoms with Gasteiger partial charge in [-0.25, -0.2) is 4.79 Å². The highest BCUT2D eigenvalue weighted by atomic mass is 35.5. The van der Waals surface area contributed by atoms with Gasteiger partial charge in [0.15, 0.2) is 0 Å². The standard InChI is InChI=1S/C21H20ClN3O3S/c1-24(13-14-8-10-15(29-3)11-9-14)18-12-23-25(20(26)19(18)22)17-7-5-4-6-16(17)21(27)28-2/h4-12H,13H2,1-3H3. The van der Waals surface area contributed by atoms with E-state index in [1.807, 2.05) is 30.3 Å². The van der Waals surface area contributed by atoms with Crippen molar-refractivity contribution in [3.8, 4) is 5.69 Å². The number of rotatable bonds is 6. The number of methoxy groups -OCH3 is 1. The van der Waals surface area contributed by atoms with Gasteiger partial charge in [-0.2, -0.15) is 9.78 Å². The average Bonchev–Trinajstić information content (AvgIpc) is 2.75. The van der Waals surface area contributed by atoms with Gasteiger partial charge in [0.25, 0.3) is 5.56 Å². The predicted molar refractivity (Wildman–Crippen MR) is 117 cm³/mol. The normalized spacial score (nSPS) is 10.6. The maximum absolute atomic E-state index is 12.9. The van der Waals surface area contributed by atoms with Crippen molar-refractivity contribution in [1.82, 2.24) is 9.78 Å². The molecule has 0 spiro atoms. The zero-order valence-electron chi connectivity index (χ0n) is 16.3. The van der Waals surface area contributed by atoms with E-state index in [9.17, 15) is 9.59 Å². The minimum Gasteiger partial charge on any atom is -0.465 e. The van der Waals surface area contributed by atoms with Gasteiger partial charge in [0, 0.05) is 18.5 Å². The predicted octanol–water partition coefficient (Wildman–Crippen LogP) is 4.03. The minimum absolute atomic E-state index is 0.0305. The number of esters is 1. The maximum Gasteiger partial charge on any atom is 0.340 e. The van der Waals surface area contributed by atoms with E-state index in [0.29, 0.717) is 17.9 Å². The summed E-state index contributed by atoms with van der Waals surface area (Å²) in [4.78, 5) is 27.9. The molecule has 0 saturated carbocycles. The summed E-state index contributed by atoms with van der Waals surface area (Å²) >= 11 is 8.07. The van der Waals surface area contributed by atoms with Crippen molar-refractivity contribution < 1.29 is 9.53 Å². The number of hydrogen-bond acceptors (Lipinski definition) is 6. The molecule has 2 aromatic carbocycles. The van der Waals surface area contributed by atoms with E-state index in [-0.39, 0.29) is 10.6 Å². The SMILES string of the molecule is COC(=O)c1ccccc1-n1ncc(N(C)Cc2ccc(SC)cc2)c(Cl)c1=O. The van der Waals surface area contributed by atoms with Crippen molar-refractivity contribution in [3.05, 3.63) is 81.2 Å². The first-order valence-electron chi connectivity index (χ1n) is 8.76. The van der Waals surface area contributed by atoms with E-state index in [1.165, 1.54) is 18.2 Å². The first-order chi connectivity index (χ1) is 14.0. The van der Waals surface area contributed by atoms with Crippen LogP contribution < -0.4 is 10.5 Å². The molecule has 150 valence electrons. The molecule has 0 aliphatic carbocycles. The lowest BCUT2D eigenvalue weighted by Gasteiger charge is -2.21. The van der Waals surface area contributed by atoms with Crippen molar-refractivity contribution in [2.75, 3.05) is 25.3 Å². The molecule has 0 radical (unpaired) electrons. The molecule has 0 fully saturated rings. The molecule has 0 amide bonds. The molecule has 0 N–H and O–H groups in total. The van der Waals surface area contributed by atoms with E-state index in [2.05, 4.69) is 17.2 Å². The van der Waals surface area contributed by atoms with Gasteiger partial charge in [-0.1, -0.05) is 35.9 Å². The summed E-state index contributed by atoms with van der Waals surface area (Å²) in [6, 6.07) is 14.8. The van der Waals surface area contributed by atoms with E-state index in [0.717, 1.165) is 10.2 Å². The summed E-state index contributed by atoms with van der Waals surface area (Å²) in [5.74, 6) is -0.555. The maximum atomic E-state index is 12.9. The van der Waals surface area contributed by atoms with Crippen molar-refractivity contribution in [2.24, 2.45) is 0 Å². The summed E-state index contributed by atoms with van der Waals surface area (Å²) in [6.45, 7) is 0.568. The molecule has 1 heterocycles. The number of carbonyl (C=O) groups excluding carboxylic acids is 1. The quantitative estimate of drug-likeness (QED) is 0.435. The Morgan fingerprint density at radius 2 is 1.90 bits per heavy atom. The first kappa shape index (κ1) is 21.0. The van der Waals surface area contributed by atoms with Crippen LogP contribution >= 0.6 is 23.4 Å². The summed E-state index contributed by atoms with van der Waals surface area (Å²) in [6.07, 6.45) is 3.55. The average molecular weight is 430 g/mol. The number of aromatic nitrogens is 2. The molecule has 0 saturated heterocycles. The lowest BCUT2D eigenvalue weighted by atomic mass is 10.2. The molecular weight excluding hydrogens is 410 g/mol. The van der Waals surface area contributed by atoms with Crippen molar-refractivity contribution >= 4 is 35.0 Å². The third-order valence-electron chi connectivity index (χ3n) is 4.43. The fourth-order valence-corrected chi connectivity index (χ4v) is 3.57. The van der Waals surface area contributed by atoms with Crippen molar-refractivity contribution in [2.45, 2.75) is 11.4 Å². The lowest BCUT2D eigenvalue weighted by molar-refractivity contribution is 0.0600. The molecule has 0 bridgehead atoms. The number of hydrogen-bond donors (Lipinski definition) is 0. The number of para-hydroxylation sites is 1. The van der Waals surface area contributed by atoms with Crippen LogP contribution in [0.4, 0.5) is 5.69 Å². The fraction of sp³-hybridized carbons (Fsp3) is 0.190. The summed E-state index contributed by atoms with van der Waals surface area (Å²) < 4.78 is 5.90. The third-order valence-corrected chi connectivity index (χ3v) is 5.53. The topological polar surface area (TPSA) is 64.4 Å². The largest absolute Gasteiger partial charge is 0.465 e. The number of halogens is 1. The summed E-state index contributed by atoms with van der Waals surface area (Å²) in [5.41, 5.74) is 1.63. The second-order valence-corrected chi connectivity index (χ2v) is 7.53. The van der Waals surface area contributed by atoms with E-state index in [1.54, 1.807) is 36.0 Å². The van der Waals surface area contributed by atoms with Crippen LogP contribution in [0.5, 0.6) is 0 Å². The molecule has 0 aliphatic rings. The van der Waals surface area contributed by atoms with E-state index < -0.39 is 11.5 Å². The number of ether oxygens (including phenoxy) is 1. The molecule has 3 rings (SSSR count). The molecule has 0 atom stereocenters. The van der Waals surface area contributed by atoms with Crippen molar-refractivity contribution in [1.29, 1.82) is 0 Å². The van der Waals surface area contributed by atoms with E-state index >= 15 is 0 Å². The third kappa shape index (κ3) is 4.46. The van der Waals surface area contributed by atoms with Gasteiger partial charge in [0.05, 0.1) is 30.2 Å². The molecule has 0 unspecified atom stereocenters. The molecule has 1 aromatic heterocycles. The highest BCUT2D eigenvalue weighted by Crippen LogP contribution is 2.24. The Kier molecular flexibility index (Phi) is 6.61. The van der Waals surface area contributed by atoms with Gasteiger partial charge in [-0.05, 0) is 36.1 Å². The Hall–Kier alpha value is -2.77. The van der Waals surface area contributed by atoms with Gasteiger partial charge in [0.1, 0.15) is 5.02 Å². The number of thioether (sulfide) groups is 1. The van der Waals surface area contributed by atoms with Gasteiger partial charge in [-0.3, -0.25) is 4.79 Å². The Morgan fingerprint density at radius 1 is 1.21 bits per heavy atom. The molecule has 6 nitrogen and oxygen atoms in total. The number of benzene rings is 2. The molecule has 0 aliphatic heterocycles. The number of anilines is 1. The Morgan fingerprint density at radius 3 is 2.55 bits per heavy atom. The van der Waals surface area contributed by atoms with Gasteiger partial charge < -0.3 is 9.64 Å². The second kappa shape index (κ2) is 9.15. The molecule has 8 heteroatoms. The summed E-state index contributed by atoms with van der Waals surface area (Å²) in [7, 11) is 3.13. The first-order valence-corrected chi connectivity index (χ1v) is 10.4. The smallest absolute Gasteiger partial charge is 0.340 e. The van der Waals surface area contributed by atoms with Gasteiger partial charge in [0.2, 0.25) is 0 Å². The molecule has 29 heavy (non-hydrogen) atoms. The monoisotopic (exact) mass is 429 g/mol. The van der Waals surface area contributed by atoms with Crippen LogP contribution in [0.2, 0.25) is 5.02 Å². The van der Waals surface area contributed by atoms with Crippen molar-refractivity contribution in [3.63, 3.8) is 0 Å². The highest BCUT2D eigenvalue weighted by Gasteiger charge is 2.18. The van der Waals surface area contributed by atoms with Crippen LogP contribution in [0.15, 0.2) is 64.4 Å². The summed E-state index contributed by atoms with van der Waals surface area (Å²) in [5, 5.41) is 4.27. The van der Waals surface area contributed by atoms with Crippen LogP contribution in [0, 0.1) is 0 Å². The number of nitrogens with zero attached hydrogens (tertiary/aromatic N) is 3. The highest BCUT2D eigenvalue weighted by molar-refractivity contribution is 7.98. The molecular formula is C21H20ClN3O3S.